The average Bonchev–Trinajstić information content (AvgIpc) is 2.39. The highest BCUT2D eigenvalue weighted by molar-refractivity contribution is 5.26. The van der Waals surface area contributed by atoms with Crippen molar-refractivity contribution in [3.05, 3.63) is 29.8 Å². The van der Waals surface area contributed by atoms with E-state index in [1.807, 2.05) is 12.1 Å². The third kappa shape index (κ3) is 4.00. The van der Waals surface area contributed by atoms with Gasteiger partial charge in [-0.1, -0.05) is 19.1 Å². The largest absolute Gasteiger partial charge is 0.508 e. The van der Waals surface area contributed by atoms with Gasteiger partial charge in [-0.3, -0.25) is 4.90 Å². The first-order valence-electron chi connectivity index (χ1n) is 6.99. The molecule has 0 amide bonds. The molecule has 1 unspecified atom stereocenters. The maximum Gasteiger partial charge on any atom is 0.115 e. The molecule has 2 N–H and O–H groups in total. The third-order valence-corrected chi connectivity index (χ3v) is 3.68. The molecule has 0 bridgehead atoms. The lowest BCUT2D eigenvalue weighted by Crippen LogP contribution is -2.38. The van der Waals surface area contributed by atoms with E-state index in [1.54, 1.807) is 6.07 Å². The van der Waals surface area contributed by atoms with Gasteiger partial charge in [-0.15, -0.1) is 0 Å². The van der Waals surface area contributed by atoms with Crippen LogP contribution in [0.25, 0.3) is 0 Å². The predicted octanol–water partition coefficient (Wildman–Crippen LogP) is 2.21. The van der Waals surface area contributed by atoms with Gasteiger partial charge in [0.25, 0.3) is 0 Å². The molecule has 3 heteroatoms. The Hall–Kier alpha value is -1.06. The lowest BCUT2D eigenvalue weighted by atomic mass is 9.99. The van der Waals surface area contributed by atoms with Crippen molar-refractivity contribution in [3.63, 3.8) is 0 Å². The van der Waals surface area contributed by atoms with Gasteiger partial charge in [-0.2, -0.15) is 0 Å². The zero-order valence-electron chi connectivity index (χ0n) is 11.2. The van der Waals surface area contributed by atoms with Crippen LogP contribution in [-0.2, 0) is 6.54 Å². The number of benzene rings is 1. The van der Waals surface area contributed by atoms with E-state index in [2.05, 4.69) is 23.2 Å². The van der Waals surface area contributed by atoms with Gasteiger partial charge in [-0.05, 0) is 56.1 Å². The summed E-state index contributed by atoms with van der Waals surface area (Å²) in [7, 11) is 0. The number of hydrogen-bond acceptors (Lipinski definition) is 3. The van der Waals surface area contributed by atoms with Crippen LogP contribution in [0.1, 0.15) is 25.3 Å². The van der Waals surface area contributed by atoms with E-state index in [0.29, 0.717) is 5.75 Å². The Bertz CT molecular complexity index is 361. The van der Waals surface area contributed by atoms with Crippen molar-refractivity contribution in [1.82, 2.24) is 10.2 Å². The van der Waals surface area contributed by atoms with E-state index in [4.69, 9.17) is 0 Å². The molecule has 3 nitrogen and oxygen atoms in total. The first-order chi connectivity index (χ1) is 8.78. The Labute approximate surface area is 110 Å². The molecule has 0 radical (unpaired) electrons. The van der Waals surface area contributed by atoms with Crippen molar-refractivity contribution in [2.45, 2.75) is 26.3 Å². The number of nitrogens with one attached hydrogen (secondary N) is 1. The van der Waals surface area contributed by atoms with Gasteiger partial charge in [0, 0.05) is 13.1 Å². The maximum absolute atomic E-state index is 9.49. The van der Waals surface area contributed by atoms with Crippen molar-refractivity contribution in [2.75, 3.05) is 26.2 Å². The van der Waals surface area contributed by atoms with Crippen LogP contribution in [-0.4, -0.2) is 36.2 Å². The van der Waals surface area contributed by atoms with Crippen LogP contribution in [0, 0.1) is 5.92 Å². The topological polar surface area (TPSA) is 35.5 Å². The van der Waals surface area contributed by atoms with Crippen LogP contribution in [0.4, 0.5) is 0 Å². The smallest absolute Gasteiger partial charge is 0.115 e. The van der Waals surface area contributed by atoms with Crippen molar-refractivity contribution in [2.24, 2.45) is 5.92 Å². The monoisotopic (exact) mass is 248 g/mol. The summed E-state index contributed by atoms with van der Waals surface area (Å²) in [5.74, 6) is 1.14. The van der Waals surface area contributed by atoms with Gasteiger partial charge in [0.1, 0.15) is 5.75 Å². The second-order valence-electron chi connectivity index (χ2n) is 5.21. The molecule has 1 aromatic carbocycles. The number of hydrogen-bond donors (Lipinski definition) is 2. The molecule has 0 aliphatic carbocycles. The van der Waals surface area contributed by atoms with E-state index in [-0.39, 0.29) is 0 Å². The molecule has 0 aromatic heterocycles. The van der Waals surface area contributed by atoms with Crippen molar-refractivity contribution >= 4 is 0 Å². The Morgan fingerprint density at radius 3 is 3.00 bits per heavy atom. The third-order valence-electron chi connectivity index (χ3n) is 3.68. The SMILES string of the molecule is CCN(Cc1cccc(O)c1)CC1CCCNC1. The molecule has 2 rings (SSSR count). The summed E-state index contributed by atoms with van der Waals surface area (Å²) in [6.45, 7) is 7.68. The number of phenolic OH excluding ortho intramolecular Hbond substituents is 1. The van der Waals surface area contributed by atoms with E-state index in [9.17, 15) is 5.11 Å². The minimum Gasteiger partial charge on any atom is -0.508 e. The van der Waals surface area contributed by atoms with Gasteiger partial charge in [0.2, 0.25) is 0 Å². The molecular formula is C15H24N2O. The molecular weight excluding hydrogens is 224 g/mol. The summed E-state index contributed by atoms with van der Waals surface area (Å²) in [6.07, 6.45) is 2.64. The normalized spacial score (nSPS) is 20.2. The van der Waals surface area contributed by atoms with Crippen LogP contribution in [0.15, 0.2) is 24.3 Å². The molecule has 1 atom stereocenters. The Morgan fingerprint density at radius 2 is 2.33 bits per heavy atom. The molecule has 100 valence electrons. The lowest BCUT2D eigenvalue weighted by Gasteiger charge is -2.29. The summed E-state index contributed by atoms with van der Waals surface area (Å²) in [5.41, 5.74) is 1.20. The number of nitrogens with zero attached hydrogens (tertiary/aromatic N) is 1. The number of piperidine rings is 1. The second-order valence-corrected chi connectivity index (χ2v) is 5.21. The molecule has 1 fully saturated rings. The standard InChI is InChI=1S/C15H24N2O/c1-2-17(12-14-6-4-8-16-10-14)11-13-5-3-7-15(18)9-13/h3,5,7,9,14,16,18H,2,4,6,8,10-12H2,1H3. The summed E-state index contributed by atoms with van der Waals surface area (Å²) in [4.78, 5) is 2.46. The van der Waals surface area contributed by atoms with Gasteiger partial charge < -0.3 is 10.4 Å². The van der Waals surface area contributed by atoms with Crippen LogP contribution >= 0.6 is 0 Å². The Morgan fingerprint density at radius 1 is 1.44 bits per heavy atom. The average molecular weight is 248 g/mol. The Kier molecular flexibility index (Phi) is 5.02. The number of phenols is 1. The molecule has 1 aliphatic heterocycles. The fourth-order valence-electron chi connectivity index (χ4n) is 2.66. The molecule has 0 spiro atoms. The van der Waals surface area contributed by atoms with E-state index in [0.717, 1.165) is 32.1 Å². The summed E-state index contributed by atoms with van der Waals surface area (Å²) >= 11 is 0. The van der Waals surface area contributed by atoms with Gasteiger partial charge >= 0.3 is 0 Å². The molecule has 18 heavy (non-hydrogen) atoms. The summed E-state index contributed by atoms with van der Waals surface area (Å²) < 4.78 is 0. The van der Waals surface area contributed by atoms with Crippen LogP contribution in [0.5, 0.6) is 5.75 Å². The van der Waals surface area contributed by atoms with Gasteiger partial charge in [-0.25, -0.2) is 0 Å². The lowest BCUT2D eigenvalue weighted by molar-refractivity contribution is 0.209. The van der Waals surface area contributed by atoms with Crippen molar-refractivity contribution in [3.8, 4) is 5.75 Å². The minimum absolute atomic E-state index is 0.364. The molecule has 1 aromatic rings. The summed E-state index contributed by atoms with van der Waals surface area (Å²) in [5, 5.41) is 13.0. The fourth-order valence-corrected chi connectivity index (χ4v) is 2.66. The van der Waals surface area contributed by atoms with Crippen LogP contribution in [0.2, 0.25) is 0 Å². The molecule has 1 aliphatic rings. The highest BCUT2D eigenvalue weighted by Gasteiger charge is 2.16. The molecule has 1 saturated heterocycles. The first kappa shape index (κ1) is 13.4. The van der Waals surface area contributed by atoms with Crippen LogP contribution in [0.3, 0.4) is 0 Å². The highest BCUT2D eigenvalue weighted by Crippen LogP contribution is 2.16. The van der Waals surface area contributed by atoms with E-state index >= 15 is 0 Å². The highest BCUT2D eigenvalue weighted by atomic mass is 16.3. The fraction of sp³-hybridized carbons (Fsp3) is 0.600. The summed E-state index contributed by atoms with van der Waals surface area (Å²) in [6, 6.07) is 7.59. The molecule has 0 saturated carbocycles. The zero-order valence-corrected chi connectivity index (χ0v) is 11.2. The van der Waals surface area contributed by atoms with Crippen LogP contribution < -0.4 is 5.32 Å². The van der Waals surface area contributed by atoms with Gasteiger partial charge in [0.05, 0.1) is 0 Å². The predicted molar refractivity (Wildman–Crippen MR) is 74.7 cm³/mol. The number of rotatable bonds is 5. The van der Waals surface area contributed by atoms with E-state index in [1.165, 1.54) is 24.9 Å². The molecule has 1 heterocycles. The second kappa shape index (κ2) is 6.76. The Balaban J connectivity index is 1.88. The maximum atomic E-state index is 9.49. The number of aromatic hydroxyl groups is 1. The quantitative estimate of drug-likeness (QED) is 0.838. The minimum atomic E-state index is 0.364. The van der Waals surface area contributed by atoms with Gasteiger partial charge in [0.15, 0.2) is 0 Å². The zero-order chi connectivity index (χ0) is 12.8. The van der Waals surface area contributed by atoms with Crippen molar-refractivity contribution < 1.29 is 5.11 Å². The van der Waals surface area contributed by atoms with E-state index < -0.39 is 0 Å². The van der Waals surface area contributed by atoms with Crippen molar-refractivity contribution in [1.29, 1.82) is 0 Å². The first-order valence-corrected chi connectivity index (χ1v) is 6.99.